The van der Waals surface area contributed by atoms with Crippen LogP contribution in [0.2, 0.25) is 0 Å². The lowest BCUT2D eigenvalue weighted by Gasteiger charge is -2.17. The van der Waals surface area contributed by atoms with Crippen LogP contribution in [0.5, 0.6) is 5.75 Å². The molecule has 0 radical (unpaired) electrons. The van der Waals surface area contributed by atoms with Gasteiger partial charge in [0.1, 0.15) is 5.75 Å². The lowest BCUT2D eigenvalue weighted by atomic mass is 10.1. The highest BCUT2D eigenvalue weighted by molar-refractivity contribution is 5.94. The zero-order chi connectivity index (χ0) is 21.0. The van der Waals surface area contributed by atoms with Gasteiger partial charge >= 0.3 is 6.18 Å². The van der Waals surface area contributed by atoms with Crippen LogP contribution in [0.3, 0.4) is 0 Å². The average Bonchev–Trinajstić information content (AvgIpc) is 3.52. The molecule has 1 atom stereocenters. The van der Waals surface area contributed by atoms with Crippen LogP contribution in [0.1, 0.15) is 36.9 Å². The van der Waals surface area contributed by atoms with Gasteiger partial charge in [0.2, 0.25) is 5.91 Å². The normalized spacial score (nSPS) is 14.8. The van der Waals surface area contributed by atoms with Crippen molar-refractivity contribution in [2.75, 3.05) is 11.9 Å². The molecular weight excluding hydrogens is 385 g/mol. The molecule has 2 aromatic rings. The molecule has 1 aliphatic carbocycles. The standard InChI is InChI=1S/C21H21F3N2O3/c1-13(14-8-10-16(11-9-14)26-20(28)15-6-7-15)25-19(27)12-29-18-5-3-2-4-17(18)21(22,23)24/h2-5,8-11,13,15H,6-7,12H2,1H3,(H,25,27)(H,26,28). The van der Waals surface area contributed by atoms with Crippen LogP contribution in [0, 0.1) is 5.92 Å². The quantitative estimate of drug-likeness (QED) is 0.720. The van der Waals surface area contributed by atoms with Gasteiger partial charge in [-0.2, -0.15) is 13.2 Å². The third-order valence-electron chi connectivity index (χ3n) is 4.56. The van der Waals surface area contributed by atoms with Crippen molar-refractivity contribution in [2.24, 2.45) is 5.92 Å². The zero-order valence-electron chi connectivity index (χ0n) is 15.8. The number of hydrogen-bond acceptors (Lipinski definition) is 3. The Balaban J connectivity index is 1.52. The molecule has 0 bridgehead atoms. The molecule has 5 nitrogen and oxygen atoms in total. The number of carbonyl (C=O) groups excluding carboxylic acids is 2. The predicted molar refractivity (Wildman–Crippen MR) is 101 cm³/mol. The first kappa shape index (κ1) is 20.7. The van der Waals surface area contributed by atoms with E-state index in [-0.39, 0.29) is 17.9 Å². The van der Waals surface area contributed by atoms with Gasteiger partial charge in [0, 0.05) is 11.6 Å². The Morgan fingerprint density at radius 3 is 2.38 bits per heavy atom. The van der Waals surface area contributed by atoms with E-state index < -0.39 is 30.0 Å². The fourth-order valence-corrected chi connectivity index (χ4v) is 2.78. The molecule has 0 aromatic heterocycles. The van der Waals surface area contributed by atoms with Crippen molar-refractivity contribution >= 4 is 17.5 Å². The maximum atomic E-state index is 13.0. The maximum Gasteiger partial charge on any atom is 0.419 e. The van der Waals surface area contributed by atoms with Gasteiger partial charge in [-0.1, -0.05) is 24.3 Å². The summed E-state index contributed by atoms with van der Waals surface area (Å²) in [6, 6.07) is 11.4. The van der Waals surface area contributed by atoms with Crippen molar-refractivity contribution < 1.29 is 27.5 Å². The maximum absolute atomic E-state index is 13.0. The van der Waals surface area contributed by atoms with Crippen LogP contribution >= 0.6 is 0 Å². The molecule has 154 valence electrons. The second-order valence-corrected chi connectivity index (χ2v) is 6.96. The zero-order valence-corrected chi connectivity index (χ0v) is 15.8. The Labute approximate surface area is 166 Å². The van der Waals surface area contributed by atoms with Crippen LogP contribution in [0.15, 0.2) is 48.5 Å². The third-order valence-corrected chi connectivity index (χ3v) is 4.56. The number of amides is 2. The van der Waals surface area contributed by atoms with Gasteiger partial charge in [0.15, 0.2) is 6.61 Å². The average molecular weight is 406 g/mol. The van der Waals surface area contributed by atoms with E-state index >= 15 is 0 Å². The monoisotopic (exact) mass is 406 g/mol. The van der Waals surface area contributed by atoms with Crippen molar-refractivity contribution in [2.45, 2.75) is 32.0 Å². The highest BCUT2D eigenvalue weighted by Crippen LogP contribution is 2.35. The summed E-state index contributed by atoms with van der Waals surface area (Å²) in [5, 5.41) is 5.51. The summed E-state index contributed by atoms with van der Waals surface area (Å²) in [4.78, 5) is 23.8. The summed E-state index contributed by atoms with van der Waals surface area (Å²) < 4.78 is 43.9. The van der Waals surface area contributed by atoms with Crippen LogP contribution < -0.4 is 15.4 Å². The minimum absolute atomic E-state index is 0.00962. The molecular formula is C21H21F3N2O3. The van der Waals surface area contributed by atoms with E-state index in [0.717, 1.165) is 24.5 Å². The van der Waals surface area contributed by atoms with E-state index in [1.165, 1.54) is 18.2 Å². The molecule has 0 heterocycles. The molecule has 2 aromatic carbocycles. The van der Waals surface area contributed by atoms with Crippen molar-refractivity contribution in [3.05, 3.63) is 59.7 Å². The second-order valence-electron chi connectivity index (χ2n) is 6.96. The summed E-state index contributed by atoms with van der Waals surface area (Å²) in [6.45, 7) is 1.21. The number of carbonyl (C=O) groups is 2. The van der Waals surface area contributed by atoms with Gasteiger partial charge < -0.3 is 15.4 Å². The van der Waals surface area contributed by atoms with Gasteiger partial charge in [0.25, 0.3) is 5.91 Å². The molecule has 0 saturated heterocycles. The van der Waals surface area contributed by atoms with Crippen molar-refractivity contribution in [3.63, 3.8) is 0 Å². The van der Waals surface area contributed by atoms with Gasteiger partial charge in [-0.15, -0.1) is 0 Å². The summed E-state index contributed by atoms with van der Waals surface area (Å²) in [6.07, 6.45) is -2.72. The minimum atomic E-state index is -4.56. The van der Waals surface area contributed by atoms with Gasteiger partial charge in [-0.3, -0.25) is 9.59 Å². The molecule has 2 N–H and O–H groups in total. The first-order valence-corrected chi connectivity index (χ1v) is 9.23. The molecule has 29 heavy (non-hydrogen) atoms. The Morgan fingerprint density at radius 2 is 1.76 bits per heavy atom. The van der Waals surface area contributed by atoms with Gasteiger partial charge in [0.05, 0.1) is 11.6 Å². The van der Waals surface area contributed by atoms with E-state index in [1.54, 1.807) is 31.2 Å². The Morgan fingerprint density at radius 1 is 1.10 bits per heavy atom. The fourth-order valence-electron chi connectivity index (χ4n) is 2.78. The van der Waals surface area contributed by atoms with Crippen molar-refractivity contribution in [1.82, 2.24) is 5.32 Å². The first-order chi connectivity index (χ1) is 13.7. The van der Waals surface area contributed by atoms with Crippen LogP contribution in [0.4, 0.5) is 18.9 Å². The molecule has 0 spiro atoms. The minimum Gasteiger partial charge on any atom is -0.483 e. The topological polar surface area (TPSA) is 67.4 Å². The number of ether oxygens (including phenoxy) is 1. The molecule has 1 unspecified atom stereocenters. The molecule has 1 fully saturated rings. The van der Waals surface area contributed by atoms with Crippen molar-refractivity contribution in [1.29, 1.82) is 0 Å². The fraction of sp³-hybridized carbons (Fsp3) is 0.333. The van der Waals surface area contributed by atoms with Gasteiger partial charge in [-0.25, -0.2) is 0 Å². The Kier molecular flexibility index (Phi) is 6.10. The Hall–Kier alpha value is -3.03. The lowest BCUT2D eigenvalue weighted by molar-refractivity contribution is -0.139. The van der Waals surface area contributed by atoms with Crippen molar-refractivity contribution in [3.8, 4) is 5.75 Å². The second kappa shape index (κ2) is 8.55. The summed E-state index contributed by atoms with van der Waals surface area (Å²) in [5.74, 6) is -0.815. The lowest BCUT2D eigenvalue weighted by Crippen LogP contribution is -2.31. The third kappa shape index (κ3) is 5.73. The first-order valence-electron chi connectivity index (χ1n) is 9.23. The number of hydrogen-bond donors (Lipinski definition) is 2. The molecule has 3 rings (SSSR count). The summed E-state index contributed by atoms with van der Waals surface area (Å²) in [5.41, 5.74) is 0.541. The molecule has 8 heteroatoms. The number of anilines is 1. The number of rotatable bonds is 7. The van der Waals surface area contributed by atoms with Crippen LogP contribution in [-0.4, -0.2) is 18.4 Å². The SMILES string of the molecule is CC(NC(=O)COc1ccccc1C(F)(F)F)c1ccc(NC(=O)C2CC2)cc1. The molecule has 1 aliphatic rings. The van der Waals surface area contributed by atoms with E-state index in [1.807, 2.05) is 0 Å². The molecule has 1 saturated carbocycles. The summed E-state index contributed by atoms with van der Waals surface area (Å²) in [7, 11) is 0. The molecule has 0 aliphatic heterocycles. The van der Waals surface area contributed by atoms with Gasteiger partial charge in [-0.05, 0) is 49.6 Å². The highest BCUT2D eigenvalue weighted by atomic mass is 19.4. The number of para-hydroxylation sites is 1. The number of benzene rings is 2. The van der Waals surface area contributed by atoms with E-state index in [9.17, 15) is 22.8 Å². The smallest absolute Gasteiger partial charge is 0.419 e. The highest BCUT2D eigenvalue weighted by Gasteiger charge is 2.34. The van der Waals surface area contributed by atoms with Crippen LogP contribution in [-0.2, 0) is 15.8 Å². The van der Waals surface area contributed by atoms with E-state index in [4.69, 9.17) is 4.74 Å². The largest absolute Gasteiger partial charge is 0.483 e. The number of halogens is 3. The summed E-state index contributed by atoms with van der Waals surface area (Å²) >= 11 is 0. The van der Waals surface area contributed by atoms with Crippen LogP contribution in [0.25, 0.3) is 0 Å². The van der Waals surface area contributed by atoms with E-state index in [0.29, 0.717) is 5.69 Å². The number of nitrogens with one attached hydrogen (secondary N) is 2. The van der Waals surface area contributed by atoms with E-state index in [2.05, 4.69) is 10.6 Å². The predicted octanol–water partition coefficient (Wildman–Crippen LogP) is 4.31. The molecule has 2 amide bonds. The Bertz CT molecular complexity index is 877. The number of alkyl halides is 3.